The highest BCUT2D eigenvalue weighted by Crippen LogP contribution is 1.70. The van der Waals surface area contributed by atoms with Crippen LogP contribution in [0.25, 0.3) is 0 Å². The second-order valence-corrected chi connectivity index (χ2v) is 1.22. The molecule has 0 aromatic carbocycles. The fraction of sp³-hybridized carbons (Fsp3) is 1.00. The van der Waals surface area contributed by atoms with Gasteiger partial charge in [0.05, 0.1) is 0 Å². The van der Waals surface area contributed by atoms with Crippen LogP contribution in [0.3, 0.4) is 0 Å². The van der Waals surface area contributed by atoms with Gasteiger partial charge in [0, 0.05) is 0 Å². The average Bonchev–Trinajstić information content (AvgIpc) is 0.918. The molecule has 0 fully saturated rings. The Morgan fingerprint density at radius 2 is 1.00 bits per heavy atom. The van der Waals surface area contributed by atoms with E-state index in [-0.39, 0.29) is 30.3 Å². The van der Waals surface area contributed by atoms with Crippen LogP contribution in [0.2, 0.25) is 0 Å². The van der Waals surface area contributed by atoms with E-state index in [0.29, 0.717) is 0 Å². The molecule has 1 nitrogen and oxygen atoms in total. The van der Waals surface area contributed by atoms with Gasteiger partial charge < -0.3 is 5.48 Å². The van der Waals surface area contributed by atoms with Crippen molar-refractivity contribution in [2.24, 2.45) is 0 Å². The molecule has 0 saturated carbocycles. The van der Waals surface area contributed by atoms with Crippen LogP contribution in [0, 0.1) is 0 Å². The smallest absolute Gasteiger partial charge is 0.0187 e. The highest BCUT2D eigenvalue weighted by Gasteiger charge is 1.32. The minimum atomic E-state index is 0. The number of halogens is 2. The summed E-state index contributed by atoms with van der Waals surface area (Å²) in [6.45, 7) is 0. The van der Waals surface area contributed by atoms with Gasteiger partial charge in [-0.2, -0.15) is 11.8 Å². The van der Waals surface area contributed by atoms with Crippen molar-refractivity contribution in [3.8, 4) is 0 Å². The van der Waals surface area contributed by atoms with Crippen molar-refractivity contribution >= 4 is 36.6 Å². The summed E-state index contributed by atoms with van der Waals surface area (Å²) in [5.41, 5.74) is 0. The Balaban J connectivity index is -0.00000000667. The predicted octanol–water partition coefficient (Wildman–Crippen LogP) is 0.998. The van der Waals surface area contributed by atoms with Crippen LogP contribution in [0.1, 0.15) is 0 Å². The average molecular weight is 153 g/mol. The van der Waals surface area contributed by atoms with E-state index in [1.807, 2.05) is 12.5 Å². The minimum absolute atomic E-state index is 0. The van der Waals surface area contributed by atoms with E-state index in [4.69, 9.17) is 0 Å². The minimum Gasteiger partial charge on any atom is -0.412 e. The fourth-order valence-corrected chi connectivity index (χ4v) is 0. The van der Waals surface area contributed by atoms with Crippen LogP contribution in [-0.2, 0) is 0 Å². The third-order valence-electron chi connectivity index (χ3n) is 0. The van der Waals surface area contributed by atoms with Crippen LogP contribution in [0.5, 0.6) is 0 Å². The van der Waals surface area contributed by atoms with Crippen molar-refractivity contribution in [2.75, 3.05) is 12.5 Å². The lowest BCUT2D eigenvalue weighted by molar-refractivity contribution is 0.824. The first-order chi connectivity index (χ1) is 1.41. The zero-order chi connectivity index (χ0) is 2.71. The molecule has 0 rings (SSSR count). The molecule has 0 aromatic rings. The van der Waals surface area contributed by atoms with Gasteiger partial charge in [-0.25, -0.2) is 0 Å². The molecule has 0 atom stereocenters. The van der Waals surface area contributed by atoms with Gasteiger partial charge in [0.15, 0.2) is 0 Å². The Morgan fingerprint density at radius 3 is 1.00 bits per heavy atom. The molecule has 0 aliphatic heterocycles. The fourth-order valence-electron chi connectivity index (χ4n) is 0. The summed E-state index contributed by atoms with van der Waals surface area (Å²) in [5, 5.41) is 0. The second-order valence-electron chi connectivity index (χ2n) is 0.408. The first-order valence-corrected chi connectivity index (χ1v) is 2.45. The molecule has 0 bridgehead atoms. The molecule has 0 aromatic heterocycles. The summed E-state index contributed by atoms with van der Waals surface area (Å²) >= 11 is 1.75. The largest absolute Gasteiger partial charge is 0.412 e. The van der Waals surface area contributed by atoms with Crippen molar-refractivity contribution in [1.29, 1.82) is 0 Å². The number of thioether (sulfide) groups is 1. The van der Waals surface area contributed by atoms with Crippen LogP contribution in [0.15, 0.2) is 0 Å². The van der Waals surface area contributed by atoms with Gasteiger partial charge in [0.2, 0.25) is 0 Å². The molecule has 44 valence electrons. The topological polar surface area (TPSA) is 31.5 Å². The van der Waals surface area contributed by atoms with Crippen LogP contribution in [0.4, 0.5) is 0 Å². The quantitative estimate of drug-likeness (QED) is 0.510. The maximum atomic E-state index is 2.04. The molecular weight excluding hydrogens is 143 g/mol. The second kappa shape index (κ2) is 39.4. The lowest BCUT2D eigenvalue weighted by atomic mass is 11.9. The van der Waals surface area contributed by atoms with Crippen LogP contribution >= 0.6 is 36.6 Å². The van der Waals surface area contributed by atoms with E-state index in [2.05, 4.69) is 0 Å². The van der Waals surface area contributed by atoms with Gasteiger partial charge in [-0.1, -0.05) is 0 Å². The number of rotatable bonds is 0. The third-order valence-corrected chi connectivity index (χ3v) is 0. The molecule has 4 heteroatoms. The molecule has 0 unspecified atom stereocenters. The molecule has 0 saturated heterocycles. The Bertz CT molecular complexity index is 11.5. The lowest BCUT2D eigenvalue weighted by Crippen LogP contribution is -1.25. The molecule has 6 heavy (non-hydrogen) atoms. The molecule has 0 radical (unpaired) electrons. The maximum absolute atomic E-state index is 2.04. The van der Waals surface area contributed by atoms with Gasteiger partial charge in [-0.3, -0.25) is 0 Å². The summed E-state index contributed by atoms with van der Waals surface area (Å²) in [6, 6.07) is 0. The van der Waals surface area contributed by atoms with Gasteiger partial charge >= 0.3 is 0 Å². The summed E-state index contributed by atoms with van der Waals surface area (Å²) in [6.07, 6.45) is 4.08. The van der Waals surface area contributed by atoms with Gasteiger partial charge in [0.1, 0.15) is 0 Å². The van der Waals surface area contributed by atoms with E-state index in [9.17, 15) is 0 Å². The Kier molecular flexibility index (Phi) is 188. The van der Waals surface area contributed by atoms with Gasteiger partial charge in [0.25, 0.3) is 0 Å². The van der Waals surface area contributed by atoms with E-state index in [1.165, 1.54) is 0 Å². The van der Waals surface area contributed by atoms with Crippen molar-refractivity contribution in [3.63, 3.8) is 0 Å². The van der Waals surface area contributed by atoms with Crippen molar-refractivity contribution in [1.82, 2.24) is 0 Å². The SMILES string of the molecule is CSC.Cl.Cl.O. The summed E-state index contributed by atoms with van der Waals surface area (Å²) in [4.78, 5) is 0. The highest BCUT2D eigenvalue weighted by molar-refractivity contribution is 7.97. The molecule has 0 aliphatic carbocycles. The highest BCUT2D eigenvalue weighted by atomic mass is 35.5. The molecular formula is C2H10Cl2OS. The van der Waals surface area contributed by atoms with Gasteiger partial charge in [-0.15, -0.1) is 24.8 Å². The van der Waals surface area contributed by atoms with Crippen molar-refractivity contribution in [2.45, 2.75) is 0 Å². The lowest BCUT2D eigenvalue weighted by Gasteiger charge is -1.51. The van der Waals surface area contributed by atoms with Crippen molar-refractivity contribution in [3.05, 3.63) is 0 Å². The summed E-state index contributed by atoms with van der Waals surface area (Å²) in [5.74, 6) is 0. The summed E-state index contributed by atoms with van der Waals surface area (Å²) in [7, 11) is 0. The molecule has 2 N–H and O–H groups in total. The first kappa shape index (κ1) is 28.6. The van der Waals surface area contributed by atoms with Gasteiger partial charge in [-0.05, 0) is 12.5 Å². The zero-order valence-corrected chi connectivity index (χ0v) is 6.17. The maximum Gasteiger partial charge on any atom is -0.0187 e. The Hall–Kier alpha value is 0.890. The number of hydrogen-bond donors (Lipinski definition) is 0. The molecule has 0 amide bonds. The Labute approximate surface area is 55.0 Å². The number of hydrogen-bond acceptors (Lipinski definition) is 1. The predicted molar refractivity (Wildman–Crippen MR) is 37.5 cm³/mol. The van der Waals surface area contributed by atoms with E-state index in [1.54, 1.807) is 11.8 Å². The van der Waals surface area contributed by atoms with E-state index in [0.717, 1.165) is 0 Å². The van der Waals surface area contributed by atoms with E-state index < -0.39 is 0 Å². The van der Waals surface area contributed by atoms with Crippen LogP contribution in [-0.4, -0.2) is 18.0 Å². The standard InChI is InChI=1S/C2H6S.2ClH.H2O/c1-3-2;;;/h1-2H3;2*1H;1H2. The molecule has 0 heterocycles. The zero-order valence-electron chi connectivity index (χ0n) is 3.72. The van der Waals surface area contributed by atoms with Crippen molar-refractivity contribution < 1.29 is 5.48 Å². The van der Waals surface area contributed by atoms with E-state index >= 15 is 0 Å². The molecule has 0 spiro atoms. The normalized spacial score (nSPS) is 3.00. The third kappa shape index (κ3) is 93.4. The van der Waals surface area contributed by atoms with Crippen LogP contribution < -0.4 is 0 Å². The monoisotopic (exact) mass is 152 g/mol. The summed E-state index contributed by atoms with van der Waals surface area (Å²) < 4.78 is 0. The first-order valence-electron chi connectivity index (χ1n) is 0.816. The molecule has 0 aliphatic rings. The Morgan fingerprint density at radius 1 is 1.00 bits per heavy atom.